The molecule has 2 aromatic carbocycles. The maximum Gasteiger partial charge on any atom is 0.296 e. The number of hydrogen-bond acceptors (Lipinski definition) is 14. The number of guanidine groups is 2. The van der Waals surface area contributed by atoms with Crippen molar-refractivity contribution in [3.63, 3.8) is 0 Å². The Bertz CT molecular complexity index is 1860. The highest BCUT2D eigenvalue weighted by Crippen LogP contribution is 2.26. The van der Waals surface area contributed by atoms with Gasteiger partial charge >= 0.3 is 0 Å². The molecule has 4 aromatic rings. The number of aromatic nitrogens is 6. The molecule has 0 aliphatic carbocycles. The molecule has 1 aliphatic heterocycles. The number of hydrogen-bond donors (Lipinski definition) is 0. The molecule has 0 amide bonds. The van der Waals surface area contributed by atoms with Crippen LogP contribution >= 0.6 is 23.5 Å². The molecule has 20 heteroatoms. The molecule has 1 saturated heterocycles. The lowest BCUT2D eigenvalue weighted by Crippen LogP contribution is -2.65. The highest BCUT2D eigenvalue weighted by Gasteiger charge is 2.41. The molecule has 2 aromatic heterocycles. The molecule has 18 nitrogen and oxygen atoms in total. The Hall–Kier alpha value is -5.50. The molecule has 236 valence electrons. The fraction of sp³-hybridized carbons (Fsp3) is 0.231. The van der Waals surface area contributed by atoms with Gasteiger partial charge in [-0.2, -0.15) is 9.35 Å². The third-order valence-corrected chi connectivity index (χ3v) is 7.86. The van der Waals surface area contributed by atoms with E-state index in [0.717, 1.165) is 32.9 Å². The largest absolute Gasteiger partial charge is 0.296 e. The molecule has 46 heavy (non-hydrogen) atoms. The van der Waals surface area contributed by atoms with E-state index in [0.29, 0.717) is 11.1 Å². The van der Waals surface area contributed by atoms with Crippen LogP contribution in [-0.2, 0) is 13.1 Å². The van der Waals surface area contributed by atoms with Crippen molar-refractivity contribution in [2.45, 2.75) is 37.2 Å². The maximum absolute atomic E-state index is 13.2. The van der Waals surface area contributed by atoms with E-state index in [1.54, 1.807) is 46.6 Å². The summed E-state index contributed by atoms with van der Waals surface area (Å²) in [6.07, 6.45) is 3.42. The lowest BCUT2D eigenvalue weighted by molar-refractivity contribution is -0.385. The van der Waals surface area contributed by atoms with E-state index >= 15 is 0 Å². The second kappa shape index (κ2) is 13.2. The van der Waals surface area contributed by atoms with Gasteiger partial charge in [-0.3, -0.25) is 39.6 Å². The predicted octanol–water partition coefficient (Wildman–Crippen LogP) is 2.42. The van der Waals surface area contributed by atoms with Gasteiger partial charge in [0, 0.05) is 24.3 Å². The lowest BCUT2D eigenvalue weighted by atomic mass is 10.1. The van der Waals surface area contributed by atoms with Crippen molar-refractivity contribution in [3.8, 4) is 0 Å². The summed E-state index contributed by atoms with van der Waals surface area (Å²) in [5.74, 6) is 0.412. The zero-order valence-corrected chi connectivity index (χ0v) is 26.3. The van der Waals surface area contributed by atoms with Crippen molar-refractivity contribution in [1.82, 2.24) is 39.5 Å². The maximum atomic E-state index is 13.2. The Labute approximate surface area is 267 Å². The summed E-state index contributed by atoms with van der Waals surface area (Å²) in [7, 11) is 0. The number of nitrogens with zero attached hydrogens (tertiary/aromatic N) is 12. The molecule has 5 rings (SSSR count). The summed E-state index contributed by atoms with van der Waals surface area (Å²) in [5.41, 5.74) is 0.239. The van der Waals surface area contributed by atoms with Crippen LogP contribution in [0.2, 0.25) is 0 Å². The summed E-state index contributed by atoms with van der Waals surface area (Å²) < 4.78 is 2.20. The topological polar surface area (TPSA) is 213 Å². The monoisotopic (exact) mass is 664 g/mol. The minimum absolute atomic E-state index is 0.0775. The first-order valence-corrected chi connectivity index (χ1v) is 15.7. The Balaban J connectivity index is 1.71. The molecule has 0 unspecified atom stereocenters. The number of nitro benzene ring substituents is 2. The molecule has 0 bridgehead atoms. The summed E-state index contributed by atoms with van der Waals surface area (Å²) in [6, 6.07) is 11.7. The quantitative estimate of drug-likeness (QED) is 0.135. The molecule has 3 heterocycles. The van der Waals surface area contributed by atoms with Gasteiger partial charge in [0.15, 0.2) is 0 Å². The van der Waals surface area contributed by atoms with Crippen molar-refractivity contribution in [1.29, 1.82) is 0 Å². The number of non-ortho nitro benzene ring substituents is 2. The number of aryl methyl sites for hydroxylation is 2. The summed E-state index contributed by atoms with van der Waals surface area (Å²) in [6.45, 7) is 3.16. The first-order valence-electron chi connectivity index (χ1n) is 13.2. The molecule has 0 N–H and O–H groups in total. The van der Waals surface area contributed by atoms with E-state index in [9.17, 15) is 29.8 Å². The van der Waals surface area contributed by atoms with Crippen LogP contribution in [0, 0.1) is 34.1 Å². The van der Waals surface area contributed by atoms with E-state index in [-0.39, 0.29) is 58.1 Å². The van der Waals surface area contributed by atoms with Crippen molar-refractivity contribution in [2.24, 2.45) is 10.2 Å². The van der Waals surface area contributed by atoms with Gasteiger partial charge in [0.25, 0.3) is 22.5 Å². The minimum Gasteiger partial charge on any atom is -0.274 e. The van der Waals surface area contributed by atoms with Crippen molar-refractivity contribution in [3.05, 3.63) is 112 Å². The van der Waals surface area contributed by atoms with Crippen LogP contribution in [0.1, 0.15) is 22.5 Å². The standard InChI is InChI=1S/C26H24N12O6S2/c1-15-21(39)35(25(45-3)29-27-15)31-23-33(13-17-5-9-19(10-6-17)37(41)42)24(32-36-22(40)16(2)28-30-26(36)46-4)34(23)14-18-7-11-20(12-8-18)38(43)44/h5-12H,13-14H2,1-4H3. The number of nitro groups is 2. The van der Waals surface area contributed by atoms with Gasteiger partial charge in [-0.15, -0.1) is 30.6 Å². The zero-order valence-electron chi connectivity index (χ0n) is 24.7. The summed E-state index contributed by atoms with van der Waals surface area (Å²) >= 11 is 2.30. The molecule has 0 spiro atoms. The van der Waals surface area contributed by atoms with Crippen LogP contribution in [0.3, 0.4) is 0 Å². The van der Waals surface area contributed by atoms with Crippen LogP contribution in [-0.4, -0.2) is 73.8 Å². The van der Waals surface area contributed by atoms with Crippen LogP contribution in [0.15, 0.2) is 78.6 Å². The number of benzene rings is 2. The fourth-order valence-electron chi connectivity index (χ4n) is 4.23. The summed E-state index contributed by atoms with van der Waals surface area (Å²) in [5, 5.41) is 48.2. The normalized spacial score (nSPS) is 12.6. The molecular weight excluding hydrogens is 640 g/mol. The van der Waals surface area contributed by atoms with Gasteiger partial charge in [0.1, 0.15) is 11.4 Å². The highest BCUT2D eigenvalue weighted by atomic mass is 32.2. The van der Waals surface area contributed by atoms with Crippen molar-refractivity contribution < 1.29 is 9.85 Å². The van der Waals surface area contributed by atoms with Gasteiger partial charge in [-0.25, -0.2) is 0 Å². The highest BCUT2D eigenvalue weighted by molar-refractivity contribution is 7.98. The second-order valence-electron chi connectivity index (χ2n) is 9.60. The van der Waals surface area contributed by atoms with E-state index < -0.39 is 21.0 Å². The van der Waals surface area contributed by atoms with Gasteiger partial charge in [0.05, 0.1) is 22.9 Å². The molecule has 0 radical (unpaired) electrons. The molecule has 1 fully saturated rings. The van der Waals surface area contributed by atoms with Crippen LogP contribution in [0.25, 0.3) is 0 Å². The van der Waals surface area contributed by atoms with E-state index in [1.165, 1.54) is 38.1 Å². The van der Waals surface area contributed by atoms with Gasteiger partial charge in [0.2, 0.25) is 22.2 Å². The summed E-state index contributed by atoms with van der Waals surface area (Å²) in [4.78, 5) is 51.1. The second-order valence-corrected chi connectivity index (χ2v) is 11.1. The van der Waals surface area contributed by atoms with Gasteiger partial charge in [-0.1, -0.05) is 47.8 Å². The first kappa shape index (κ1) is 31.9. The number of rotatable bonds is 10. The van der Waals surface area contributed by atoms with Crippen molar-refractivity contribution >= 4 is 46.8 Å². The van der Waals surface area contributed by atoms with Crippen LogP contribution in [0.4, 0.5) is 11.4 Å². The van der Waals surface area contributed by atoms with E-state index in [2.05, 4.69) is 30.6 Å². The Morgan fingerprint density at radius 1 is 0.652 bits per heavy atom. The molecule has 0 atom stereocenters. The van der Waals surface area contributed by atoms with E-state index in [4.69, 9.17) is 0 Å². The molecule has 0 saturated carbocycles. The Kier molecular flexibility index (Phi) is 9.18. The van der Waals surface area contributed by atoms with Gasteiger partial charge in [-0.05, 0) is 37.5 Å². The predicted molar refractivity (Wildman–Crippen MR) is 169 cm³/mol. The third kappa shape index (κ3) is 6.33. The van der Waals surface area contributed by atoms with Gasteiger partial charge < -0.3 is 0 Å². The first-order chi connectivity index (χ1) is 22.0. The Morgan fingerprint density at radius 2 is 1.00 bits per heavy atom. The van der Waals surface area contributed by atoms with E-state index in [1.807, 2.05) is 0 Å². The third-order valence-electron chi connectivity index (χ3n) is 6.62. The fourth-order valence-corrected chi connectivity index (χ4v) is 5.07. The SMILES string of the molecule is CSc1nnc(C)c(=O)n1N=C1N(Cc2ccc([N+](=O)[O-])cc2)C(=Nn2c(SC)nnc(C)c2=O)N1Cc1ccc([N+](=O)[O-])cc1. The minimum atomic E-state index is -0.516. The smallest absolute Gasteiger partial charge is 0.274 e. The van der Waals surface area contributed by atoms with Crippen molar-refractivity contribution in [2.75, 3.05) is 12.5 Å². The van der Waals surface area contributed by atoms with Crippen LogP contribution in [0.5, 0.6) is 0 Å². The van der Waals surface area contributed by atoms with Crippen LogP contribution < -0.4 is 11.1 Å². The zero-order chi connectivity index (χ0) is 33.1. The average Bonchev–Trinajstić information content (AvgIpc) is 3.05. The molecular formula is C26H24N12O6S2. The molecule has 1 aliphatic rings. The Morgan fingerprint density at radius 3 is 1.30 bits per heavy atom. The number of thioether (sulfide) groups is 2. The average molecular weight is 665 g/mol. The lowest BCUT2D eigenvalue weighted by Gasteiger charge is -2.45.